The van der Waals surface area contributed by atoms with E-state index in [0.29, 0.717) is 0 Å². The maximum atomic E-state index is 12.5. The molecule has 0 aliphatic heterocycles. The molecule has 2 N–H and O–H groups in total. The van der Waals surface area contributed by atoms with Gasteiger partial charge in [-0.3, -0.25) is 4.79 Å². The fourth-order valence-electron chi connectivity index (χ4n) is 2.83. The summed E-state index contributed by atoms with van der Waals surface area (Å²) < 4.78 is 5.10. The van der Waals surface area contributed by atoms with Crippen LogP contribution in [0.2, 0.25) is 0 Å². The molecule has 0 aromatic heterocycles. The minimum atomic E-state index is -0.726. The molecule has 1 saturated carbocycles. The second kappa shape index (κ2) is 6.42. The molecule has 120 valence electrons. The molecule has 2 aromatic carbocycles. The molecule has 4 heteroatoms. The van der Waals surface area contributed by atoms with Gasteiger partial charge in [0.1, 0.15) is 5.75 Å². The van der Waals surface area contributed by atoms with Gasteiger partial charge in [0.2, 0.25) is 5.91 Å². The Balaban J connectivity index is 1.60. The lowest BCUT2D eigenvalue weighted by Crippen LogP contribution is -2.37. The van der Waals surface area contributed by atoms with Gasteiger partial charge in [-0.25, -0.2) is 0 Å². The van der Waals surface area contributed by atoms with Gasteiger partial charge in [-0.1, -0.05) is 42.5 Å². The van der Waals surface area contributed by atoms with Crippen molar-refractivity contribution in [1.82, 2.24) is 5.32 Å². The number of benzene rings is 2. The summed E-state index contributed by atoms with van der Waals surface area (Å²) in [6.07, 6.45) is 1.000. The Morgan fingerprint density at radius 2 is 1.83 bits per heavy atom. The number of ether oxygens (including phenoxy) is 1. The number of methoxy groups -OCH3 is 1. The third-order valence-electron chi connectivity index (χ3n) is 4.47. The van der Waals surface area contributed by atoms with E-state index in [4.69, 9.17) is 4.74 Å². The van der Waals surface area contributed by atoms with Crippen molar-refractivity contribution in [2.45, 2.75) is 24.4 Å². The summed E-state index contributed by atoms with van der Waals surface area (Å²) >= 11 is 0. The van der Waals surface area contributed by atoms with Gasteiger partial charge in [0.05, 0.1) is 18.6 Å². The molecule has 0 bridgehead atoms. The van der Waals surface area contributed by atoms with Crippen molar-refractivity contribution < 1.29 is 14.6 Å². The summed E-state index contributed by atoms with van der Waals surface area (Å²) in [7, 11) is 1.60. The highest BCUT2D eigenvalue weighted by atomic mass is 16.5. The summed E-state index contributed by atoms with van der Waals surface area (Å²) in [6.45, 7) is 0.208. The summed E-state index contributed by atoms with van der Waals surface area (Å²) in [5.74, 6) is 0.738. The van der Waals surface area contributed by atoms with Crippen molar-refractivity contribution >= 4 is 5.91 Å². The summed E-state index contributed by atoms with van der Waals surface area (Å²) in [4.78, 5) is 12.5. The molecular formula is C19H21NO3. The molecule has 0 saturated heterocycles. The molecule has 1 fully saturated rings. The largest absolute Gasteiger partial charge is 0.497 e. The Morgan fingerprint density at radius 1 is 1.17 bits per heavy atom. The summed E-state index contributed by atoms with van der Waals surface area (Å²) in [5, 5.41) is 13.1. The third-order valence-corrected chi connectivity index (χ3v) is 4.47. The fourth-order valence-corrected chi connectivity index (χ4v) is 2.83. The highest BCUT2D eigenvalue weighted by Crippen LogP contribution is 2.48. The van der Waals surface area contributed by atoms with Crippen LogP contribution in [-0.4, -0.2) is 24.7 Å². The zero-order chi connectivity index (χ0) is 16.3. The topological polar surface area (TPSA) is 58.6 Å². The number of aliphatic hydroxyl groups is 1. The van der Waals surface area contributed by atoms with Gasteiger partial charge >= 0.3 is 0 Å². The van der Waals surface area contributed by atoms with E-state index in [1.54, 1.807) is 31.4 Å². The Morgan fingerprint density at radius 3 is 2.39 bits per heavy atom. The average Bonchev–Trinajstić information content (AvgIpc) is 3.42. The predicted molar refractivity (Wildman–Crippen MR) is 88.3 cm³/mol. The van der Waals surface area contributed by atoms with E-state index in [0.717, 1.165) is 29.7 Å². The second-order valence-electron chi connectivity index (χ2n) is 5.95. The van der Waals surface area contributed by atoms with Gasteiger partial charge in [0.25, 0.3) is 0 Å². The number of rotatable bonds is 6. The van der Waals surface area contributed by atoms with Gasteiger partial charge in [0.15, 0.2) is 0 Å². The van der Waals surface area contributed by atoms with E-state index in [9.17, 15) is 9.90 Å². The second-order valence-corrected chi connectivity index (χ2v) is 5.95. The molecule has 1 amide bonds. The first-order valence-corrected chi connectivity index (χ1v) is 7.81. The lowest BCUT2D eigenvalue weighted by atomic mass is 9.95. The molecule has 1 atom stereocenters. The van der Waals surface area contributed by atoms with E-state index in [1.165, 1.54) is 0 Å². The van der Waals surface area contributed by atoms with Crippen LogP contribution in [0.5, 0.6) is 5.75 Å². The Bertz CT molecular complexity index is 663. The lowest BCUT2D eigenvalue weighted by Gasteiger charge is -2.18. The van der Waals surface area contributed by atoms with E-state index < -0.39 is 11.5 Å². The first-order chi connectivity index (χ1) is 11.2. The van der Waals surface area contributed by atoms with Crippen LogP contribution in [0.1, 0.15) is 30.1 Å². The minimum Gasteiger partial charge on any atom is -0.497 e. The molecule has 3 rings (SSSR count). The zero-order valence-electron chi connectivity index (χ0n) is 13.2. The maximum absolute atomic E-state index is 12.5. The van der Waals surface area contributed by atoms with Crippen molar-refractivity contribution in [3.63, 3.8) is 0 Å². The number of amides is 1. The average molecular weight is 311 g/mol. The van der Waals surface area contributed by atoms with Gasteiger partial charge in [-0.15, -0.1) is 0 Å². The summed E-state index contributed by atoms with van der Waals surface area (Å²) in [6, 6.07) is 17.0. The molecule has 0 heterocycles. The van der Waals surface area contributed by atoms with Gasteiger partial charge < -0.3 is 15.2 Å². The van der Waals surface area contributed by atoms with Crippen molar-refractivity contribution in [3.8, 4) is 5.75 Å². The van der Waals surface area contributed by atoms with Crippen LogP contribution in [-0.2, 0) is 10.2 Å². The molecular weight excluding hydrogens is 290 g/mol. The van der Waals surface area contributed by atoms with Crippen LogP contribution < -0.4 is 10.1 Å². The van der Waals surface area contributed by atoms with Crippen molar-refractivity contribution in [3.05, 3.63) is 65.7 Å². The number of hydrogen-bond acceptors (Lipinski definition) is 3. The SMILES string of the molecule is COc1ccc([C@H](O)CNC(=O)C2(c3ccccc3)CC2)cc1. The fraction of sp³-hybridized carbons (Fsp3) is 0.316. The van der Waals surface area contributed by atoms with Crippen molar-refractivity contribution in [2.24, 2.45) is 0 Å². The number of aliphatic hydroxyl groups excluding tert-OH is 1. The van der Waals surface area contributed by atoms with Gasteiger partial charge in [-0.05, 0) is 36.1 Å². The maximum Gasteiger partial charge on any atom is 0.230 e. The Hall–Kier alpha value is -2.33. The molecule has 4 nitrogen and oxygen atoms in total. The molecule has 23 heavy (non-hydrogen) atoms. The van der Waals surface area contributed by atoms with Crippen LogP contribution in [0.15, 0.2) is 54.6 Å². The van der Waals surface area contributed by atoms with Gasteiger partial charge in [0, 0.05) is 6.54 Å². The molecule has 1 aliphatic carbocycles. The first-order valence-electron chi connectivity index (χ1n) is 7.81. The molecule has 1 aliphatic rings. The number of hydrogen-bond donors (Lipinski definition) is 2. The smallest absolute Gasteiger partial charge is 0.230 e. The Kier molecular flexibility index (Phi) is 4.35. The lowest BCUT2D eigenvalue weighted by molar-refractivity contribution is -0.124. The number of carbonyl (C=O) groups is 1. The van der Waals surface area contributed by atoms with E-state index in [-0.39, 0.29) is 12.5 Å². The van der Waals surface area contributed by atoms with Crippen LogP contribution >= 0.6 is 0 Å². The van der Waals surface area contributed by atoms with E-state index in [1.807, 2.05) is 30.3 Å². The molecule has 0 radical (unpaired) electrons. The van der Waals surface area contributed by atoms with Gasteiger partial charge in [-0.2, -0.15) is 0 Å². The monoisotopic (exact) mass is 311 g/mol. The van der Waals surface area contributed by atoms with Crippen molar-refractivity contribution in [1.29, 1.82) is 0 Å². The predicted octanol–water partition coefficient (Wildman–Crippen LogP) is 2.58. The normalized spacial score (nSPS) is 16.4. The Labute approximate surface area is 136 Å². The third kappa shape index (κ3) is 3.22. The molecule has 0 spiro atoms. The number of nitrogens with one attached hydrogen (secondary N) is 1. The quantitative estimate of drug-likeness (QED) is 0.862. The van der Waals surface area contributed by atoms with Crippen molar-refractivity contribution in [2.75, 3.05) is 13.7 Å². The van der Waals surface area contributed by atoms with Crippen LogP contribution in [0.4, 0.5) is 0 Å². The highest BCUT2D eigenvalue weighted by Gasteiger charge is 2.51. The highest BCUT2D eigenvalue weighted by molar-refractivity contribution is 5.91. The van der Waals surface area contributed by atoms with E-state index >= 15 is 0 Å². The van der Waals surface area contributed by atoms with Crippen LogP contribution in [0, 0.1) is 0 Å². The standard InChI is InChI=1S/C19H21NO3/c1-23-16-9-7-14(8-10-16)17(21)13-20-18(22)19(11-12-19)15-5-3-2-4-6-15/h2-10,17,21H,11-13H2,1H3,(H,20,22)/t17-/m1/s1. The first kappa shape index (κ1) is 15.6. The van der Waals surface area contributed by atoms with Crippen LogP contribution in [0.3, 0.4) is 0 Å². The minimum absolute atomic E-state index is 0.00346. The van der Waals surface area contributed by atoms with E-state index in [2.05, 4.69) is 5.32 Å². The summed E-state index contributed by atoms with van der Waals surface area (Å²) in [5.41, 5.74) is 1.41. The van der Waals surface area contributed by atoms with Crippen LogP contribution in [0.25, 0.3) is 0 Å². The number of carbonyl (C=O) groups excluding carboxylic acids is 1. The zero-order valence-corrected chi connectivity index (χ0v) is 13.2. The molecule has 0 unspecified atom stereocenters. The molecule has 2 aromatic rings.